The average Bonchev–Trinajstić information content (AvgIpc) is 2.99. The summed E-state index contributed by atoms with van der Waals surface area (Å²) in [7, 11) is 1.66. The normalized spacial score (nSPS) is 12.0. The number of fused-ring (bicyclic) bond motifs is 1. The Morgan fingerprint density at radius 1 is 1.18 bits per heavy atom. The van der Waals surface area contributed by atoms with Crippen LogP contribution in [0.5, 0.6) is 5.75 Å². The van der Waals surface area contributed by atoms with Crippen LogP contribution < -0.4 is 15.8 Å². The Morgan fingerprint density at radius 2 is 1.89 bits per heavy atom. The van der Waals surface area contributed by atoms with Gasteiger partial charge in [-0.1, -0.05) is 19.1 Å². The molecule has 0 bridgehead atoms. The van der Waals surface area contributed by atoms with Crippen molar-refractivity contribution in [3.05, 3.63) is 42.5 Å². The first kappa shape index (κ1) is 19.6. The molecule has 1 atom stereocenters. The molecule has 148 valence electrons. The van der Waals surface area contributed by atoms with Gasteiger partial charge in [0.1, 0.15) is 11.9 Å². The van der Waals surface area contributed by atoms with E-state index in [9.17, 15) is 4.79 Å². The van der Waals surface area contributed by atoms with E-state index >= 15 is 0 Å². The van der Waals surface area contributed by atoms with Crippen LogP contribution in [-0.4, -0.2) is 23.9 Å². The fourth-order valence-electron chi connectivity index (χ4n) is 3.25. The van der Waals surface area contributed by atoms with E-state index in [0.717, 1.165) is 46.6 Å². The molecule has 3 aromatic rings. The molecule has 0 spiro atoms. The number of methoxy groups -OCH3 is 1. The van der Waals surface area contributed by atoms with Crippen LogP contribution in [0.1, 0.15) is 27.2 Å². The van der Waals surface area contributed by atoms with Crippen LogP contribution in [0.2, 0.25) is 0 Å². The smallest absolute Gasteiger partial charge is 0.411 e. The van der Waals surface area contributed by atoms with Crippen LogP contribution >= 0.6 is 0 Å². The van der Waals surface area contributed by atoms with Crippen LogP contribution in [0.25, 0.3) is 22.2 Å². The van der Waals surface area contributed by atoms with Gasteiger partial charge in [0.2, 0.25) is 0 Å². The van der Waals surface area contributed by atoms with E-state index in [4.69, 9.17) is 15.2 Å². The van der Waals surface area contributed by atoms with Gasteiger partial charge in [-0.15, -0.1) is 0 Å². The van der Waals surface area contributed by atoms with Crippen molar-refractivity contribution in [3.63, 3.8) is 0 Å². The molecule has 1 aromatic heterocycles. The average molecular weight is 381 g/mol. The molecular formula is C22H27N3O3. The van der Waals surface area contributed by atoms with Crippen molar-refractivity contribution >= 4 is 28.4 Å². The number of anilines is 2. The SMILES string of the molecule is CCC(C)OC(=O)Nc1ccc(-c2c(N)c3ccc(OC)cc3n2CC)cc1. The third-order valence-corrected chi connectivity index (χ3v) is 4.92. The Bertz CT molecular complexity index is 977. The molecule has 0 saturated heterocycles. The molecule has 3 N–H and O–H groups in total. The van der Waals surface area contributed by atoms with E-state index in [1.165, 1.54) is 0 Å². The number of aromatic nitrogens is 1. The Morgan fingerprint density at radius 3 is 2.50 bits per heavy atom. The minimum Gasteiger partial charge on any atom is -0.497 e. The van der Waals surface area contributed by atoms with Gasteiger partial charge < -0.3 is 19.8 Å². The zero-order valence-electron chi connectivity index (χ0n) is 16.8. The standard InChI is InChI=1S/C22H27N3O3/c1-5-14(3)28-22(26)24-16-9-7-15(8-10-16)21-20(23)18-12-11-17(27-4)13-19(18)25(21)6-2/h7-14H,5-6,23H2,1-4H3,(H,24,26). The second-order valence-corrected chi connectivity index (χ2v) is 6.72. The lowest BCUT2D eigenvalue weighted by atomic mass is 10.1. The van der Waals surface area contributed by atoms with Crippen molar-refractivity contribution in [2.45, 2.75) is 39.8 Å². The van der Waals surface area contributed by atoms with Crippen molar-refractivity contribution in [1.29, 1.82) is 0 Å². The summed E-state index contributed by atoms with van der Waals surface area (Å²) in [5.74, 6) is 0.797. The minimum absolute atomic E-state index is 0.115. The summed E-state index contributed by atoms with van der Waals surface area (Å²) in [5.41, 5.74) is 10.9. The lowest BCUT2D eigenvalue weighted by molar-refractivity contribution is 0.118. The molecule has 0 aliphatic rings. The first-order chi connectivity index (χ1) is 13.5. The summed E-state index contributed by atoms with van der Waals surface area (Å²) in [5, 5.41) is 3.75. The van der Waals surface area contributed by atoms with Crippen molar-refractivity contribution in [1.82, 2.24) is 4.57 Å². The van der Waals surface area contributed by atoms with E-state index in [2.05, 4.69) is 16.8 Å². The first-order valence-electron chi connectivity index (χ1n) is 9.52. The number of carbonyl (C=O) groups is 1. The monoisotopic (exact) mass is 381 g/mol. The Balaban J connectivity index is 1.92. The van der Waals surface area contributed by atoms with E-state index in [-0.39, 0.29) is 6.10 Å². The largest absolute Gasteiger partial charge is 0.497 e. The Hall–Kier alpha value is -3.15. The number of ether oxygens (including phenoxy) is 2. The number of amides is 1. The maximum atomic E-state index is 11.9. The lowest BCUT2D eigenvalue weighted by Crippen LogP contribution is -2.19. The van der Waals surface area contributed by atoms with Crippen LogP contribution in [0.15, 0.2) is 42.5 Å². The van der Waals surface area contributed by atoms with Gasteiger partial charge in [-0.05, 0) is 44.5 Å². The highest BCUT2D eigenvalue weighted by Gasteiger charge is 2.16. The number of rotatable bonds is 6. The fourth-order valence-corrected chi connectivity index (χ4v) is 3.25. The molecule has 0 aliphatic heterocycles. The van der Waals surface area contributed by atoms with E-state index in [1.807, 2.05) is 56.3 Å². The van der Waals surface area contributed by atoms with Crippen molar-refractivity contribution in [2.75, 3.05) is 18.2 Å². The van der Waals surface area contributed by atoms with Crippen molar-refractivity contribution in [3.8, 4) is 17.0 Å². The molecule has 1 heterocycles. The number of nitrogens with one attached hydrogen (secondary N) is 1. The summed E-state index contributed by atoms with van der Waals surface area (Å²) in [4.78, 5) is 11.9. The van der Waals surface area contributed by atoms with Gasteiger partial charge in [-0.25, -0.2) is 4.79 Å². The number of nitrogens with two attached hydrogens (primary N) is 1. The third-order valence-electron chi connectivity index (χ3n) is 4.92. The second-order valence-electron chi connectivity index (χ2n) is 6.72. The molecule has 0 fully saturated rings. The maximum Gasteiger partial charge on any atom is 0.411 e. The second kappa shape index (κ2) is 8.25. The van der Waals surface area contributed by atoms with Crippen LogP contribution in [-0.2, 0) is 11.3 Å². The van der Waals surface area contributed by atoms with E-state index in [1.54, 1.807) is 7.11 Å². The Labute approximate surface area is 165 Å². The minimum atomic E-state index is -0.448. The molecule has 28 heavy (non-hydrogen) atoms. The van der Waals surface area contributed by atoms with Crippen molar-refractivity contribution in [2.24, 2.45) is 0 Å². The zero-order valence-corrected chi connectivity index (χ0v) is 16.8. The number of nitrogen functional groups attached to an aromatic ring is 1. The molecule has 2 aromatic carbocycles. The molecule has 0 aliphatic carbocycles. The van der Waals surface area contributed by atoms with Gasteiger partial charge in [-0.2, -0.15) is 0 Å². The number of carbonyl (C=O) groups excluding carboxylic acids is 1. The van der Waals surface area contributed by atoms with Gasteiger partial charge >= 0.3 is 6.09 Å². The van der Waals surface area contributed by atoms with E-state index in [0.29, 0.717) is 5.69 Å². The molecule has 1 unspecified atom stereocenters. The third kappa shape index (κ3) is 3.76. The van der Waals surface area contributed by atoms with Gasteiger partial charge in [-0.3, -0.25) is 5.32 Å². The molecule has 1 amide bonds. The number of hydrogen-bond donors (Lipinski definition) is 2. The predicted molar refractivity (Wildman–Crippen MR) is 114 cm³/mol. The summed E-state index contributed by atoms with van der Waals surface area (Å²) >= 11 is 0. The topological polar surface area (TPSA) is 78.5 Å². The van der Waals surface area contributed by atoms with Crippen molar-refractivity contribution < 1.29 is 14.3 Å². The molecule has 0 saturated carbocycles. The summed E-state index contributed by atoms with van der Waals surface area (Å²) < 4.78 is 12.8. The molecule has 3 rings (SSSR count). The first-order valence-corrected chi connectivity index (χ1v) is 9.52. The maximum absolute atomic E-state index is 11.9. The summed E-state index contributed by atoms with van der Waals surface area (Å²) in [6.45, 7) is 6.70. The van der Waals surface area contributed by atoms with Gasteiger partial charge in [0.15, 0.2) is 0 Å². The van der Waals surface area contributed by atoms with Crippen LogP contribution in [0.4, 0.5) is 16.2 Å². The predicted octanol–water partition coefficient (Wildman–Crippen LogP) is 5.27. The number of benzene rings is 2. The number of nitrogens with zero attached hydrogens (tertiary/aromatic N) is 1. The molecular weight excluding hydrogens is 354 g/mol. The van der Waals surface area contributed by atoms with E-state index < -0.39 is 6.09 Å². The molecule has 6 heteroatoms. The quantitative estimate of drug-likeness (QED) is 0.610. The zero-order chi connectivity index (χ0) is 20.3. The Kier molecular flexibility index (Phi) is 5.78. The molecule has 0 radical (unpaired) electrons. The van der Waals surface area contributed by atoms with Gasteiger partial charge in [0, 0.05) is 29.2 Å². The van der Waals surface area contributed by atoms with Crippen LogP contribution in [0, 0.1) is 0 Å². The molecule has 6 nitrogen and oxygen atoms in total. The lowest BCUT2D eigenvalue weighted by Gasteiger charge is -2.13. The summed E-state index contributed by atoms with van der Waals surface area (Å²) in [6.07, 6.45) is 0.213. The fraction of sp³-hybridized carbons (Fsp3) is 0.318. The highest BCUT2D eigenvalue weighted by molar-refractivity contribution is 6.01. The number of hydrogen-bond acceptors (Lipinski definition) is 4. The highest BCUT2D eigenvalue weighted by atomic mass is 16.6. The van der Waals surface area contributed by atoms with Gasteiger partial charge in [0.25, 0.3) is 0 Å². The van der Waals surface area contributed by atoms with Gasteiger partial charge in [0.05, 0.1) is 24.0 Å². The highest BCUT2D eigenvalue weighted by Crippen LogP contribution is 2.37. The van der Waals surface area contributed by atoms with Crippen LogP contribution in [0.3, 0.4) is 0 Å². The number of aryl methyl sites for hydroxylation is 1. The summed E-state index contributed by atoms with van der Waals surface area (Å²) in [6, 6.07) is 13.5.